The molecule has 0 spiro atoms. The molecular weight excluding hydrogens is 364 g/mol. The van der Waals surface area contributed by atoms with Crippen molar-refractivity contribution in [1.82, 2.24) is 0 Å². The highest BCUT2D eigenvalue weighted by Gasteiger charge is 2.47. The largest absolute Gasteiger partial charge is 0.459 e. The average molecular weight is 388 g/mol. The smallest absolute Gasteiger partial charge is 0.332 e. The van der Waals surface area contributed by atoms with Crippen molar-refractivity contribution in [2.24, 2.45) is 10.2 Å². The molecule has 0 N–H and O–H groups in total. The Labute approximate surface area is 163 Å². The second-order valence-electron chi connectivity index (χ2n) is 6.97. The van der Waals surface area contributed by atoms with Gasteiger partial charge in [-0.25, -0.2) is 0 Å². The quantitative estimate of drug-likeness (QED) is 0.136. The molecule has 1 aromatic carbocycles. The number of benzene rings is 1. The summed E-state index contributed by atoms with van der Waals surface area (Å²) in [5, 5.41) is 6.38. The first kappa shape index (κ1) is 23.0. The topological polar surface area (TPSA) is 150 Å². The Bertz CT molecular complexity index is 744. The van der Waals surface area contributed by atoms with Crippen LogP contribution in [-0.4, -0.2) is 29.6 Å². The summed E-state index contributed by atoms with van der Waals surface area (Å²) in [7, 11) is 0. The van der Waals surface area contributed by atoms with Crippen LogP contribution in [0.4, 0.5) is 0 Å². The minimum atomic E-state index is -2.58. The van der Waals surface area contributed by atoms with E-state index in [1.54, 1.807) is 20.8 Å². The molecule has 0 aliphatic rings. The van der Waals surface area contributed by atoms with Crippen LogP contribution >= 0.6 is 0 Å². The first-order valence-corrected chi connectivity index (χ1v) is 8.76. The fourth-order valence-corrected chi connectivity index (χ4v) is 2.23. The number of unbranched alkanes of at least 4 members (excludes halogenated alkanes) is 1. The van der Waals surface area contributed by atoms with E-state index in [0.29, 0.717) is 26.1 Å². The molecule has 0 fully saturated rings. The number of Topliss-reactive ketones (excluding diaryl/α,β-unsaturated/α-hetero) is 1. The molecule has 1 rings (SSSR count). The van der Waals surface area contributed by atoms with Crippen LogP contribution in [-0.2, 0) is 25.7 Å². The molecule has 28 heavy (non-hydrogen) atoms. The number of hydrogen-bond donors (Lipinski definition) is 0. The van der Waals surface area contributed by atoms with Gasteiger partial charge in [-0.1, -0.05) is 40.6 Å². The minimum Gasteiger partial charge on any atom is -0.459 e. The number of ether oxygens (including phenoxy) is 2. The van der Waals surface area contributed by atoms with Gasteiger partial charge in [0.15, 0.2) is 5.78 Å². The fourth-order valence-electron chi connectivity index (χ4n) is 2.23. The Balaban J connectivity index is 2.65. The van der Waals surface area contributed by atoms with Gasteiger partial charge in [0.05, 0.1) is 6.61 Å². The second-order valence-corrected chi connectivity index (χ2v) is 6.97. The van der Waals surface area contributed by atoms with Crippen LogP contribution in [0.15, 0.2) is 40.6 Å². The molecule has 0 unspecified atom stereocenters. The molecule has 0 atom stereocenters. The van der Waals surface area contributed by atoms with E-state index in [1.165, 1.54) is 0 Å². The lowest BCUT2D eigenvalue weighted by molar-refractivity contribution is -0.163. The first-order valence-electron chi connectivity index (χ1n) is 8.76. The Morgan fingerprint density at radius 1 is 1.04 bits per heavy atom. The lowest BCUT2D eigenvalue weighted by atomic mass is 10.0. The summed E-state index contributed by atoms with van der Waals surface area (Å²) in [5.41, 5.74) is 15.0. The number of hydrogen-bond acceptors (Lipinski definition) is 6. The zero-order chi connectivity index (χ0) is 21.0. The van der Waals surface area contributed by atoms with Gasteiger partial charge in [0.2, 0.25) is 0 Å². The normalized spacial score (nSPS) is 12.8. The lowest BCUT2D eigenvalue weighted by Crippen LogP contribution is -2.46. The van der Waals surface area contributed by atoms with Crippen LogP contribution in [0.1, 0.15) is 45.6 Å². The van der Waals surface area contributed by atoms with Gasteiger partial charge in [0.1, 0.15) is 5.60 Å². The SMILES string of the molecule is CC(C)(C)OC(=O)C(N=[N+]=[N-])(N=[N+]=[N-])C(=O)CCCCOCc1ccccc1. The van der Waals surface area contributed by atoms with Crippen LogP contribution in [0.2, 0.25) is 0 Å². The van der Waals surface area contributed by atoms with Crippen LogP contribution in [0, 0.1) is 0 Å². The van der Waals surface area contributed by atoms with Crippen molar-refractivity contribution < 1.29 is 19.1 Å². The molecule has 0 aliphatic heterocycles. The molecule has 0 aromatic heterocycles. The molecule has 0 heterocycles. The summed E-state index contributed by atoms with van der Waals surface area (Å²) in [4.78, 5) is 30.0. The summed E-state index contributed by atoms with van der Waals surface area (Å²) < 4.78 is 10.6. The van der Waals surface area contributed by atoms with E-state index in [1.807, 2.05) is 30.3 Å². The van der Waals surface area contributed by atoms with Gasteiger partial charge in [-0.05, 0) is 50.2 Å². The summed E-state index contributed by atoms with van der Waals surface area (Å²) in [6.07, 6.45) is 0.765. The molecule has 0 saturated heterocycles. The van der Waals surface area contributed by atoms with E-state index in [0.717, 1.165) is 5.56 Å². The van der Waals surface area contributed by atoms with Crippen molar-refractivity contribution in [2.45, 2.75) is 57.9 Å². The third kappa shape index (κ3) is 7.28. The number of azide groups is 1. The summed E-state index contributed by atoms with van der Waals surface area (Å²) >= 11 is 0. The van der Waals surface area contributed by atoms with E-state index in [9.17, 15) is 9.59 Å². The van der Waals surface area contributed by atoms with E-state index in [-0.39, 0.29) is 6.42 Å². The van der Waals surface area contributed by atoms with E-state index >= 15 is 0 Å². The van der Waals surface area contributed by atoms with Crippen molar-refractivity contribution in [1.29, 1.82) is 0 Å². The first-order chi connectivity index (χ1) is 13.2. The van der Waals surface area contributed by atoms with Crippen molar-refractivity contribution in [3.63, 3.8) is 0 Å². The molecule has 0 bridgehead atoms. The summed E-state index contributed by atoms with van der Waals surface area (Å²) in [6, 6.07) is 9.63. The van der Waals surface area contributed by atoms with Crippen LogP contribution in [0.5, 0.6) is 0 Å². The van der Waals surface area contributed by atoms with Crippen molar-refractivity contribution in [2.75, 3.05) is 6.61 Å². The van der Waals surface area contributed by atoms with Gasteiger partial charge in [0.25, 0.3) is 5.66 Å². The molecule has 0 saturated carbocycles. The second kappa shape index (κ2) is 10.9. The highest BCUT2D eigenvalue weighted by molar-refractivity contribution is 6.08. The highest BCUT2D eigenvalue weighted by atomic mass is 16.6. The van der Waals surface area contributed by atoms with E-state index < -0.39 is 23.0 Å². The maximum absolute atomic E-state index is 12.6. The van der Waals surface area contributed by atoms with Crippen LogP contribution in [0.25, 0.3) is 20.9 Å². The molecule has 0 amide bonds. The van der Waals surface area contributed by atoms with Gasteiger partial charge >= 0.3 is 5.97 Å². The van der Waals surface area contributed by atoms with Crippen molar-refractivity contribution >= 4 is 11.8 Å². The minimum absolute atomic E-state index is 0.133. The Kier molecular flexibility index (Phi) is 8.98. The van der Waals surface area contributed by atoms with E-state index in [4.69, 9.17) is 20.5 Å². The molecule has 0 aliphatic carbocycles. The third-order valence-corrected chi connectivity index (χ3v) is 3.51. The number of carbonyl (C=O) groups is 2. The van der Waals surface area contributed by atoms with Gasteiger partial charge in [-0.3, -0.25) is 9.59 Å². The Morgan fingerprint density at radius 2 is 1.64 bits per heavy atom. The van der Waals surface area contributed by atoms with Gasteiger partial charge < -0.3 is 9.47 Å². The number of nitrogens with zero attached hydrogens (tertiary/aromatic N) is 6. The summed E-state index contributed by atoms with van der Waals surface area (Å²) in [6.45, 7) is 5.60. The molecule has 10 heteroatoms. The standard InChI is InChI=1S/C18H24N6O4/c1-17(2,3)28-16(26)18(21-23-19,22-24-20)15(25)11-7-8-12-27-13-14-9-5-4-6-10-14/h4-6,9-10H,7-8,11-13H2,1-3H3. The molecular formula is C18H24N6O4. The van der Waals surface area contributed by atoms with Crippen molar-refractivity contribution in [3.05, 3.63) is 56.8 Å². The number of ketones is 1. The maximum atomic E-state index is 12.6. The van der Waals surface area contributed by atoms with Gasteiger partial charge in [-0.15, -0.1) is 0 Å². The predicted octanol–water partition coefficient (Wildman–Crippen LogP) is 4.60. The molecule has 10 nitrogen and oxygen atoms in total. The summed E-state index contributed by atoms with van der Waals surface area (Å²) in [5.74, 6) is -2.01. The Hall–Kier alpha value is -3.06. The lowest BCUT2D eigenvalue weighted by Gasteiger charge is -2.26. The molecule has 0 radical (unpaired) electrons. The molecule has 1 aromatic rings. The monoisotopic (exact) mass is 388 g/mol. The van der Waals surface area contributed by atoms with Crippen LogP contribution in [0.3, 0.4) is 0 Å². The maximum Gasteiger partial charge on any atom is 0.332 e. The zero-order valence-electron chi connectivity index (χ0n) is 16.2. The number of carbonyl (C=O) groups excluding carboxylic acids is 2. The van der Waals surface area contributed by atoms with Crippen molar-refractivity contribution in [3.8, 4) is 0 Å². The average Bonchev–Trinajstić information content (AvgIpc) is 2.63. The van der Waals surface area contributed by atoms with Gasteiger partial charge in [-0.2, -0.15) is 0 Å². The fraction of sp³-hybridized carbons (Fsp3) is 0.556. The third-order valence-electron chi connectivity index (χ3n) is 3.51. The van der Waals surface area contributed by atoms with E-state index in [2.05, 4.69) is 20.1 Å². The predicted molar refractivity (Wildman–Crippen MR) is 102 cm³/mol. The number of rotatable bonds is 11. The number of esters is 1. The van der Waals surface area contributed by atoms with Gasteiger partial charge in [0, 0.05) is 22.9 Å². The molecule has 150 valence electrons. The Morgan fingerprint density at radius 3 is 2.18 bits per heavy atom. The zero-order valence-corrected chi connectivity index (χ0v) is 16.2. The van der Waals surface area contributed by atoms with Crippen LogP contribution < -0.4 is 0 Å². The highest BCUT2D eigenvalue weighted by Crippen LogP contribution is 2.24.